The normalized spacial score (nSPS) is 15.0. The lowest BCUT2D eigenvalue weighted by molar-refractivity contribution is 0.0827. The molecule has 5 heteroatoms. The highest BCUT2D eigenvalue weighted by molar-refractivity contribution is 5.98. The van der Waals surface area contributed by atoms with Gasteiger partial charge in [0.05, 0.1) is 0 Å². The summed E-state index contributed by atoms with van der Waals surface area (Å²) in [6.07, 6.45) is 6.43. The SMILES string of the molecule is Cc1cc(-c2cnc3[nH]cc(-c4ccc(C(=O)N(C)C)cc4)c3c2)cc(C)c1C1CCN(C)CC1. The molecule has 0 aliphatic carbocycles. The van der Waals surface area contributed by atoms with E-state index in [2.05, 4.69) is 49.0 Å². The largest absolute Gasteiger partial charge is 0.346 e. The molecular formula is C30H34N4O. The molecule has 0 bridgehead atoms. The van der Waals surface area contributed by atoms with Crippen LogP contribution in [0.3, 0.4) is 0 Å². The summed E-state index contributed by atoms with van der Waals surface area (Å²) in [5.41, 5.74) is 10.3. The first-order valence-corrected chi connectivity index (χ1v) is 12.4. The third-order valence-electron chi connectivity index (χ3n) is 7.43. The fourth-order valence-electron chi connectivity index (χ4n) is 5.53. The average molecular weight is 467 g/mol. The van der Waals surface area contributed by atoms with Crippen LogP contribution in [0.15, 0.2) is 54.9 Å². The van der Waals surface area contributed by atoms with E-state index in [-0.39, 0.29) is 5.91 Å². The van der Waals surface area contributed by atoms with Crippen LogP contribution in [-0.4, -0.2) is 59.9 Å². The molecule has 0 spiro atoms. The summed E-state index contributed by atoms with van der Waals surface area (Å²) in [6, 6.07) is 14.7. The van der Waals surface area contributed by atoms with Crippen molar-refractivity contribution >= 4 is 16.9 Å². The zero-order chi connectivity index (χ0) is 24.7. The van der Waals surface area contributed by atoms with Crippen molar-refractivity contribution in [3.63, 3.8) is 0 Å². The molecule has 3 heterocycles. The molecule has 1 amide bonds. The zero-order valence-corrected chi connectivity index (χ0v) is 21.4. The topological polar surface area (TPSA) is 52.2 Å². The Labute approximate surface area is 207 Å². The van der Waals surface area contributed by atoms with Gasteiger partial charge in [0.25, 0.3) is 5.91 Å². The molecule has 5 nitrogen and oxygen atoms in total. The summed E-state index contributed by atoms with van der Waals surface area (Å²) in [5, 5.41) is 1.09. The number of carbonyl (C=O) groups is 1. The van der Waals surface area contributed by atoms with Crippen molar-refractivity contribution < 1.29 is 4.79 Å². The van der Waals surface area contributed by atoms with Crippen LogP contribution in [0.25, 0.3) is 33.3 Å². The van der Waals surface area contributed by atoms with Gasteiger partial charge in [0.2, 0.25) is 0 Å². The van der Waals surface area contributed by atoms with Crippen LogP contribution in [0, 0.1) is 13.8 Å². The highest BCUT2D eigenvalue weighted by Gasteiger charge is 2.22. The second-order valence-corrected chi connectivity index (χ2v) is 10.2. The van der Waals surface area contributed by atoms with Gasteiger partial charge >= 0.3 is 0 Å². The van der Waals surface area contributed by atoms with E-state index in [9.17, 15) is 4.79 Å². The molecule has 0 radical (unpaired) electrons. The smallest absolute Gasteiger partial charge is 0.253 e. The maximum atomic E-state index is 12.3. The molecule has 1 aliphatic rings. The molecule has 0 saturated carbocycles. The van der Waals surface area contributed by atoms with Gasteiger partial charge < -0.3 is 14.8 Å². The lowest BCUT2D eigenvalue weighted by Crippen LogP contribution is -2.29. The number of H-pyrrole nitrogens is 1. The number of carbonyl (C=O) groups excluding carboxylic acids is 1. The molecule has 1 saturated heterocycles. The Kier molecular flexibility index (Phi) is 6.20. The van der Waals surface area contributed by atoms with E-state index >= 15 is 0 Å². The summed E-state index contributed by atoms with van der Waals surface area (Å²) in [5.74, 6) is 0.661. The Balaban J connectivity index is 1.49. The van der Waals surface area contributed by atoms with E-state index in [0.29, 0.717) is 11.5 Å². The van der Waals surface area contributed by atoms with Gasteiger partial charge in [0.1, 0.15) is 5.65 Å². The van der Waals surface area contributed by atoms with Crippen LogP contribution in [-0.2, 0) is 0 Å². The van der Waals surface area contributed by atoms with Crippen molar-refractivity contribution in [3.05, 3.63) is 77.1 Å². The maximum Gasteiger partial charge on any atom is 0.253 e. The van der Waals surface area contributed by atoms with Gasteiger partial charge in [-0.25, -0.2) is 4.98 Å². The standard InChI is InChI=1S/C30H34N4O/c1-19-14-24(15-20(2)28(19)22-10-12-34(5)13-11-22)25-16-26-27(18-32-29(26)31-17-25)21-6-8-23(9-7-21)30(35)33(3)4/h6-9,14-18,22H,10-13H2,1-5H3,(H,31,32). The fourth-order valence-corrected chi connectivity index (χ4v) is 5.53. The van der Waals surface area contributed by atoms with Gasteiger partial charge in [-0.2, -0.15) is 0 Å². The number of rotatable bonds is 4. The number of piperidine rings is 1. The Morgan fingerprint density at radius 1 is 0.971 bits per heavy atom. The van der Waals surface area contributed by atoms with E-state index in [0.717, 1.165) is 27.7 Å². The van der Waals surface area contributed by atoms with Crippen molar-refractivity contribution in [3.8, 4) is 22.3 Å². The number of hydrogen-bond acceptors (Lipinski definition) is 3. The summed E-state index contributed by atoms with van der Waals surface area (Å²) >= 11 is 0. The second kappa shape index (κ2) is 9.31. The number of aromatic amines is 1. The van der Waals surface area contributed by atoms with E-state index < -0.39 is 0 Å². The highest BCUT2D eigenvalue weighted by Crippen LogP contribution is 2.36. The van der Waals surface area contributed by atoms with Crippen molar-refractivity contribution in [1.29, 1.82) is 0 Å². The molecule has 5 rings (SSSR count). The minimum Gasteiger partial charge on any atom is -0.346 e. The van der Waals surface area contributed by atoms with E-state index in [1.54, 1.807) is 19.0 Å². The van der Waals surface area contributed by atoms with Gasteiger partial charge in [-0.1, -0.05) is 24.3 Å². The average Bonchev–Trinajstić information content (AvgIpc) is 3.27. The molecule has 0 atom stereocenters. The number of amides is 1. The fraction of sp³-hybridized carbons (Fsp3) is 0.333. The first kappa shape index (κ1) is 23.3. The third-order valence-corrected chi connectivity index (χ3v) is 7.43. The lowest BCUT2D eigenvalue weighted by Gasteiger charge is -2.31. The Morgan fingerprint density at radius 2 is 1.63 bits per heavy atom. The number of likely N-dealkylation sites (tertiary alicyclic amines) is 1. The van der Waals surface area contributed by atoms with E-state index in [1.807, 2.05) is 36.7 Å². The molecule has 1 aliphatic heterocycles. The Morgan fingerprint density at radius 3 is 2.26 bits per heavy atom. The molecule has 1 N–H and O–H groups in total. The molecule has 0 unspecified atom stereocenters. The Bertz CT molecular complexity index is 1350. The molecule has 180 valence electrons. The van der Waals surface area contributed by atoms with Crippen molar-refractivity contribution in [2.45, 2.75) is 32.6 Å². The second-order valence-electron chi connectivity index (χ2n) is 10.2. The molecular weight excluding hydrogens is 432 g/mol. The van der Waals surface area contributed by atoms with Gasteiger partial charge in [0, 0.05) is 48.6 Å². The minimum atomic E-state index is 0.00821. The summed E-state index contributed by atoms with van der Waals surface area (Å²) in [7, 11) is 5.76. The van der Waals surface area contributed by atoms with Gasteiger partial charge in [0.15, 0.2) is 0 Å². The molecule has 2 aromatic carbocycles. The summed E-state index contributed by atoms with van der Waals surface area (Å²) in [6.45, 7) is 6.86. The van der Waals surface area contributed by atoms with Crippen LogP contribution in [0.5, 0.6) is 0 Å². The van der Waals surface area contributed by atoms with Crippen molar-refractivity contribution in [2.75, 3.05) is 34.2 Å². The number of fused-ring (bicyclic) bond motifs is 1. The predicted molar refractivity (Wildman–Crippen MR) is 144 cm³/mol. The number of aryl methyl sites for hydroxylation is 2. The van der Waals surface area contributed by atoms with E-state index in [4.69, 9.17) is 4.98 Å². The van der Waals surface area contributed by atoms with Crippen molar-refractivity contribution in [2.24, 2.45) is 0 Å². The van der Waals surface area contributed by atoms with Gasteiger partial charge in [-0.3, -0.25) is 4.79 Å². The van der Waals surface area contributed by atoms with Crippen LogP contribution in [0.4, 0.5) is 0 Å². The number of nitrogens with one attached hydrogen (secondary N) is 1. The molecule has 4 aromatic rings. The van der Waals surface area contributed by atoms with E-state index in [1.165, 1.54) is 48.2 Å². The maximum absolute atomic E-state index is 12.3. The predicted octanol–water partition coefficient (Wildman–Crippen LogP) is 6.02. The molecule has 2 aromatic heterocycles. The van der Waals surface area contributed by atoms with Gasteiger partial charge in [-0.05, 0) is 98.8 Å². The van der Waals surface area contributed by atoms with Gasteiger partial charge in [-0.15, -0.1) is 0 Å². The summed E-state index contributed by atoms with van der Waals surface area (Å²) in [4.78, 5) is 24.3. The minimum absolute atomic E-state index is 0.00821. The third kappa shape index (κ3) is 4.48. The first-order valence-electron chi connectivity index (χ1n) is 12.4. The quantitative estimate of drug-likeness (QED) is 0.400. The number of hydrogen-bond donors (Lipinski definition) is 1. The number of aromatic nitrogens is 2. The lowest BCUT2D eigenvalue weighted by atomic mass is 9.83. The zero-order valence-electron chi connectivity index (χ0n) is 21.4. The first-order chi connectivity index (χ1) is 16.8. The van der Waals surface area contributed by atoms with Crippen molar-refractivity contribution in [1.82, 2.24) is 19.8 Å². The molecule has 1 fully saturated rings. The van der Waals surface area contributed by atoms with Crippen LogP contribution in [0.2, 0.25) is 0 Å². The monoisotopic (exact) mass is 466 g/mol. The number of nitrogens with zero attached hydrogens (tertiary/aromatic N) is 3. The Hall–Kier alpha value is -3.44. The van der Waals surface area contributed by atoms with Crippen LogP contribution >= 0.6 is 0 Å². The number of benzene rings is 2. The van der Waals surface area contributed by atoms with Crippen LogP contribution in [0.1, 0.15) is 45.8 Å². The number of pyridine rings is 1. The highest BCUT2D eigenvalue weighted by atomic mass is 16.2. The summed E-state index contributed by atoms with van der Waals surface area (Å²) < 4.78 is 0. The molecule has 35 heavy (non-hydrogen) atoms. The van der Waals surface area contributed by atoms with Crippen LogP contribution < -0.4 is 0 Å².